The molecular formula is C13H12BrClN2O. The van der Waals surface area contributed by atoms with Crippen LogP contribution in [0.5, 0.6) is 5.75 Å². The fourth-order valence-electron chi connectivity index (χ4n) is 1.61. The summed E-state index contributed by atoms with van der Waals surface area (Å²) in [6.07, 6.45) is 1.83. The molecule has 0 aliphatic rings. The van der Waals surface area contributed by atoms with Crippen molar-refractivity contribution in [1.29, 1.82) is 0 Å². The second-order valence-electron chi connectivity index (χ2n) is 3.90. The van der Waals surface area contributed by atoms with Crippen molar-refractivity contribution in [2.75, 3.05) is 0 Å². The highest BCUT2D eigenvalue weighted by Crippen LogP contribution is 2.28. The molecular weight excluding hydrogens is 316 g/mol. The van der Waals surface area contributed by atoms with Crippen molar-refractivity contribution in [2.24, 2.45) is 0 Å². The van der Waals surface area contributed by atoms with Gasteiger partial charge in [0.05, 0.1) is 10.2 Å². The molecule has 2 aromatic rings. The third kappa shape index (κ3) is 2.82. The van der Waals surface area contributed by atoms with Crippen LogP contribution < -0.4 is 0 Å². The van der Waals surface area contributed by atoms with Gasteiger partial charge in [0.1, 0.15) is 10.9 Å². The Labute approximate surface area is 119 Å². The summed E-state index contributed by atoms with van der Waals surface area (Å²) < 4.78 is 0.758. The zero-order valence-electron chi connectivity index (χ0n) is 9.82. The van der Waals surface area contributed by atoms with Crippen molar-refractivity contribution < 1.29 is 5.11 Å². The number of rotatable bonds is 3. The number of halogens is 2. The highest BCUT2D eigenvalue weighted by atomic mass is 79.9. The number of aromatic nitrogens is 2. The summed E-state index contributed by atoms with van der Waals surface area (Å²) in [7, 11) is 0. The highest BCUT2D eigenvalue weighted by Gasteiger charge is 2.11. The smallest absolute Gasteiger partial charge is 0.161 e. The Morgan fingerprint density at radius 3 is 2.50 bits per heavy atom. The van der Waals surface area contributed by atoms with E-state index in [9.17, 15) is 5.11 Å². The van der Waals surface area contributed by atoms with E-state index in [0.29, 0.717) is 11.0 Å². The Hall–Kier alpha value is -1.13. The molecule has 0 amide bonds. The summed E-state index contributed by atoms with van der Waals surface area (Å²) in [5.41, 5.74) is 1.74. The van der Waals surface area contributed by atoms with Gasteiger partial charge in [-0.15, -0.1) is 0 Å². The molecule has 0 bridgehead atoms. The van der Waals surface area contributed by atoms with E-state index >= 15 is 0 Å². The molecule has 0 fully saturated rings. The van der Waals surface area contributed by atoms with Crippen LogP contribution in [0.4, 0.5) is 0 Å². The average molecular weight is 328 g/mol. The number of benzene rings is 1. The molecule has 0 radical (unpaired) electrons. The maximum Gasteiger partial charge on any atom is 0.161 e. The largest absolute Gasteiger partial charge is 0.508 e. The topological polar surface area (TPSA) is 46.0 Å². The summed E-state index contributed by atoms with van der Waals surface area (Å²) in [6.45, 7) is 2.09. The summed E-state index contributed by atoms with van der Waals surface area (Å²) in [6, 6.07) is 6.75. The molecule has 5 heteroatoms. The van der Waals surface area contributed by atoms with Crippen molar-refractivity contribution >= 4 is 27.5 Å². The number of aryl methyl sites for hydroxylation is 1. The van der Waals surface area contributed by atoms with Gasteiger partial charge in [0.2, 0.25) is 0 Å². The maximum absolute atomic E-state index is 9.27. The standard InChI is InChI=1S/C13H12BrClN2O/c1-2-3-10-11(14)12(15)17-13(16-10)8-4-6-9(18)7-5-8/h4-7,18H,2-3H2,1H3. The summed E-state index contributed by atoms with van der Waals surface area (Å²) >= 11 is 9.49. The average Bonchev–Trinajstić information content (AvgIpc) is 2.36. The fourth-order valence-corrected chi connectivity index (χ4v) is 2.17. The van der Waals surface area contributed by atoms with Crippen LogP contribution in [0.3, 0.4) is 0 Å². The Balaban J connectivity index is 2.48. The predicted molar refractivity (Wildman–Crippen MR) is 75.8 cm³/mol. The molecule has 0 unspecified atom stereocenters. The first-order valence-corrected chi connectivity index (χ1v) is 6.80. The molecule has 1 N–H and O–H groups in total. The molecule has 3 nitrogen and oxygen atoms in total. The van der Waals surface area contributed by atoms with Crippen LogP contribution in [0.25, 0.3) is 11.4 Å². The van der Waals surface area contributed by atoms with Gasteiger partial charge in [0.15, 0.2) is 5.82 Å². The second-order valence-corrected chi connectivity index (χ2v) is 5.05. The van der Waals surface area contributed by atoms with E-state index in [-0.39, 0.29) is 5.75 Å². The number of phenols is 1. The normalized spacial score (nSPS) is 10.6. The molecule has 18 heavy (non-hydrogen) atoms. The number of aromatic hydroxyl groups is 1. The van der Waals surface area contributed by atoms with Gasteiger partial charge in [-0.1, -0.05) is 24.9 Å². The Kier molecular flexibility index (Phi) is 4.19. The van der Waals surface area contributed by atoms with Crippen LogP contribution in [-0.4, -0.2) is 15.1 Å². The highest BCUT2D eigenvalue weighted by molar-refractivity contribution is 9.10. The number of phenolic OH excluding ortho intramolecular Hbond substituents is 1. The molecule has 0 atom stereocenters. The molecule has 2 rings (SSSR count). The van der Waals surface area contributed by atoms with Crippen LogP contribution in [0.2, 0.25) is 5.15 Å². The van der Waals surface area contributed by atoms with Gasteiger partial charge in [0, 0.05) is 5.56 Å². The zero-order chi connectivity index (χ0) is 13.1. The number of nitrogens with zero attached hydrogens (tertiary/aromatic N) is 2. The Morgan fingerprint density at radius 1 is 1.22 bits per heavy atom. The quantitative estimate of drug-likeness (QED) is 0.859. The first-order valence-electron chi connectivity index (χ1n) is 5.63. The third-order valence-corrected chi connectivity index (χ3v) is 3.83. The lowest BCUT2D eigenvalue weighted by Crippen LogP contribution is -1.98. The minimum atomic E-state index is 0.218. The molecule has 0 saturated heterocycles. The summed E-state index contributed by atoms with van der Waals surface area (Å²) in [5.74, 6) is 0.794. The molecule has 1 aromatic heterocycles. The minimum absolute atomic E-state index is 0.218. The molecule has 0 saturated carbocycles. The van der Waals surface area contributed by atoms with E-state index in [2.05, 4.69) is 32.8 Å². The van der Waals surface area contributed by atoms with Gasteiger partial charge in [-0.05, 0) is 46.6 Å². The first kappa shape index (κ1) is 13.3. The van der Waals surface area contributed by atoms with E-state index in [0.717, 1.165) is 28.6 Å². The fraction of sp³-hybridized carbons (Fsp3) is 0.231. The first-order chi connectivity index (χ1) is 8.61. The summed E-state index contributed by atoms with van der Waals surface area (Å²) in [5, 5.41) is 9.68. The van der Waals surface area contributed by atoms with E-state index in [1.807, 2.05) is 0 Å². The number of hydrogen-bond donors (Lipinski definition) is 1. The van der Waals surface area contributed by atoms with Crippen LogP contribution in [-0.2, 0) is 6.42 Å². The van der Waals surface area contributed by atoms with Crippen LogP contribution >= 0.6 is 27.5 Å². The van der Waals surface area contributed by atoms with Crippen molar-refractivity contribution in [3.63, 3.8) is 0 Å². The van der Waals surface area contributed by atoms with Crippen LogP contribution in [0.15, 0.2) is 28.7 Å². The van der Waals surface area contributed by atoms with Crippen LogP contribution in [0, 0.1) is 0 Å². The lowest BCUT2D eigenvalue weighted by molar-refractivity contribution is 0.475. The molecule has 0 aliphatic carbocycles. The van der Waals surface area contributed by atoms with E-state index in [4.69, 9.17) is 11.6 Å². The molecule has 1 aromatic carbocycles. The lowest BCUT2D eigenvalue weighted by Gasteiger charge is -2.07. The van der Waals surface area contributed by atoms with Crippen molar-refractivity contribution in [2.45, 2.75) is 19.8 Å². The van der Waals surface area contributed by atoms with Crippen molar-refractivity contribution in [3.8, 4) is 17.1 Å². The van der Waals surface area contributed by atoms with Gasteiger partial charge < -0.3 is 5.11 Å². The monoisotopic (exact) mass is 326 g/mol. The van der Waals surface area contributed by atoms with Gasteiger partial charge in [0.25, 0.3) is 0 Å². The van der Waals surface area contributed by atoms with Gasteiger partial charge in [-0.2, -0.15) is 0 Å². The lowest BCUT2D eigenvalue weighted by atomic mass is 10.2. The van der Waals surface area contributed by atoms with E-state index < -0.39 is 0 Å². The molecule has 94 valence electrons. The van der Waals surface area contributed by atoms with Gasteiger partial charge >= 0.3 is 0 Å². The van der Waals surface area contributed by atoms with Crippen molar-refractivity contribution in [3.05, 3.63) is 39.6 Å². The SMILES string of the molecule is CCCc1nc(-c2ccc(O)cc2)nc(Cl)c1Br. The Bertz CT molecular complexity index is 558. The van der Waals surface area contributed by atoms with Gasteiger partial charge in [-0.25, -0.2) is 9.97 Å². The summed E-state index contributed by atoms with van der Waals surface area (Å²) in [4.78, 5) is 8.74. The predicted octanol–water partition coefficient (Wildman–Crippen LogP) is 4.22. The molecule has 0 spiro atoms. The van der Waals surface area contributed by atoms with Crippen LogP contribution in [0.1, 0.15) is 19.0 Å². The van der Waals surface area contributed by atoms with E-state index in [1.165, 1.54) is 0 Å². The molecule has 1 heterocycles. The third-order valence-electron chi connectivity index (χ3n) is 2.49. The Morgan fingerprint density at radius 2 is 1.89 bits per heavy atom. The zero-order valence-corrected chi connectivity index (χ0v) is 12.2. The maximum atomic E-state index is 9.27. The minimum Gasteiger partial charge on any atom is -0.508 e. The van der Waals surface area contributed by atoms with Crippen molar-refractivity contribution in [1.82, 2.24) is 9.97 Å². The molecule has 0 aliphatic heterocycles. The van der Waals surface area contributed by atoms with Gasteiger partial charge in [-0.3, -0.25) is 0 Å². The van der Waals surface area contributed by atoms with E-state index in [1.54, 1.807) is 24.3 Å². The second kappa shape index (κ2) is 5.67. The number of hydrogen-bond acceptors (Lipinski definition) is 3.